The zero-order valence-corrected chi connectivity index (χ0v) is 8.83. The van der Waals surface area contributed by atoms with Crippen molar-refractivity contribution in [2.75, 3.05) is 0 Å². The Morgan fingerprint density at radius 1 is 1.69 bits per heavy atom. The van der Waals surface area contributed by atoms with Crippen LogP contribution in [0.15, 0.2) is 6.33 Å². The van der Waals surface area contributed by atoms with Gasteiger partial charge in [-0.05, 0) is 6.42 Å². The first-order valence-electron chi connectivity index (χ1n) is 4.94. The van der Waals surface area contributed by atoms with Crippen LogP contribution in [0.1, 0.15) is 18.7 Å². The van der Waals surface area contributed by atoms with E-state index in [2.05, 4.69) is 10.1 Å². The van der Waals surface area contributed by atoms with Crippen molar-refractivity contribution < 1.29 is 14.7 Å². The first-order valence-corrected chi connectivity index (χ1v) is 4.94. The van der Waals surface area contributed by atoms with Gasteiger partial charge in [0, 0.05) is 13.5 Å². The number of aryl methyl sites for hydroxylation is 1. The molecule has 1 unspecified atom stereocenters. The minimum Gasteiger partial charge on any atom is -0.480 e. The Hall–Kier alpha value is -1.92. The number of hydrogen-bond donors (Lipinski definition) is 1. The lowest BCUT2D eigenvalue weighted by Crippen LogP contribution is -2.38. The van der Waals surface area contributed by atoms with Crippen LogP contribution >= 0.6 is 0 Å². The summed E-state index contributed by atoms with van der Waals surface area (Å²) in [5, 5.41) is 12.8. The maximum atomic E-state index is 11.5. The van der Waals surface area contributed by atoms with E-state index < -0.39 is 12.0 Å². The largest absolute Gasteiger partial charge is 0.480 e. The van der Waals surface area contributed by atoms with Crippen molar-refractivity contribution in [1.82, 2.24) is 19.7 Å². The van der Waals surface area contributed by atoms with Gasteiger partial charge in [-0.15, -0.1) is 0 Å². The number of carboxylic acids is 1. The fourth-order valence-electron chi connectivity index (χ4n) is 1.80. The zero-order valence-electron chi connectivity index (χ0n) is 8.83. The minimum absolute atomic E-state index is 0.143. The highest BCUT2D eigenvalue weighted by Crippen LogP contribution is 2.20. The standard InChI is InChI=1S/C9H12N4O3/c1-12-7(10-5-11-12)4-13-6(9(15)16)2-3-8(13)14/h5-6H,2-4H2,1H3,(H,15,16). The molecule has 0 saturated carbocycles. The quantitative estimate of drug-likeness (QED) is 0.740. The molecule has 1 amide bonds. The Labute approximate surface area is 91.7 Å². The molecule has 16 heavy (non-hydrogen) atoms. The highest BCUT2D eigenvalue weighted by atomic mass is 16.4. The summed E-state index contributed by atoms with van der Waals surface area (Å²) >= 11 is 0. The van der Waals surface area contributed by atoms with E-state index in [0.717, 1.165) is 0 Å². The molecule has 7 heteroatoms. The molecule has 2 heterocycles. The summed E-state index contributed by atoms with van der Waals surface area (Å²) in [5.74, 6) is -0.523. The number of carboxylic acid groups (broad SMARTS) is 1. The Morgan fingerprint density at radius 3 is 3.00 bits per heavy atom. The molecule has 0 aliphatic carbocycles. The van der Waals surface area contributed by atoms with Gasteiger partial charge in [0.2, 0.25) is 5.91 Å². The lowest BCUT2D eigenvalue weighted by atomic mass is 10.2. The maximum absolute atomic E-state index is 11.5. The van der Waals surface area contributed by atoms with Gasteiger partial charge < -0.3 is 10.0 Å². The summed E-state index contributed by atoms with van der Waals surface area (Å²) in [6.45, 7) is 0.201. The Balaban J connectivity index is 2.16. The van der Waals surface area contributed by atoms with Crippen LogP contribution in [0.2, 0.25) is 0 Å². The Kier molecular flexibility index (Phi) is 2.59. The van der Waals surface area contributed by atoms with Gasteiger partial charge >= 0.3 is 5.97 Å². The van der Waals surface area contributed by atoms with E-state index >= 15 is 0 Å². The van der Waals surface area contributed by atoms with E-state index in [9.17, 15) is 9.59 Å². The van der Waals surface area contributed by atoms with Crippen molar-refractivity contribution in [2.24, 2.45) is 7.05 Å². The predicted molar refractivity (Wildman–Crippen MR) is 52.2 cm³/mol. The van der Waals surface area contributed by atoms with Crippen molar-refractivity contribution >= 4 is 11.9 Å². The van der Waals surface area contributed by atoms with Gasteiger partial charge in [0.1, 0.15) is 18.2 Å². The molecule has 1 aromatic heterocycles. The number of likely N-dealkylation sites (tertiary alicyclic amines) is 1. The maximum Gasteiger partial charge on any atom is 0.326 e. The second-order valence-corrected chi connectivity index (χ2v) is 3.71. The molecule has 0 bridgehead atoms. The van der Waals surface area contributed by atoms with Gasteiger partial charge in [-0.2, -0.15) is 5.10 Å². The number of carbonyl (C=O) groups excluding carboxylic acids is 1. The third kappa shape index (κ3) is 1.75. The smallest absolute Gasteiger partial charge is 0.326 e. The van der Waals surface area contributed by atoms with Crippen LogP contribution in [0.4, 0.5) is 0 Å². The van der Waals surface area contributed by atoms with Crippen LogP contribution in [0.5, 0.6) is 0 Å². The molecular weight excluding hydrogens is 212 g/mol. The number of aromatic nitrogens is 3. The average molecular weight is 224 g/mol. The summed E-state index contributed by atoms with van der Waals surface area (Å²) in [5.41, 5.74) is 0. The van der Waals surface area contributed by atoms with Crippen LogP contribution in [-0.4, -0.2) is 42.7 Å². The molecule has 86 valence electrons. The number of carbonyl (C=O) groups is 2. The second-order valence-electron chi connectivity index (χ2n) is 3.71. The van der Waals surface area contributed by atoms with Crippen molar-refractivity contribution in [3.8, 4) is 0 Å². The molecule has 7 nitrogen and oxygen atoms in total. The second kappa shape index (κ2) is 3.92. The van der Waals surface area contributed by atoms with E-state index in [-0.39, 0.29) is 18.9 Å². The first kappa shape index (κ1) is 10.6. The number of nitrogens with zero attached hydrogens (tertiary/aromatic N) is 4. The Bertz CT molecular complexity index is 428. The van der Waals surface area contributed by atoms with Gasteiger partial charge in [-0.1, -0.05) is 0 Å². The van der Waals surface area contributed by atoms with Gasteiger partial charge in [-0.3, -0.25) is 9.48 Å². The highest BCUT2D eigenvalue weighted by molar-refractivity contribution is 5.87. The summed E-state index contributed by atoms with van der Waals surface area (Å²) in [6, 6.07) is -0.732. The number of amides is 1. The van der Waals surface area contributed by atoms with Crippen LogP contribution < -0.4 is 0 Å². The average Bonchev–Trinajstić information content (AvgIpc) is 2.76. The molecule has 1 aliphatic heterocycles. The first-order chi connectivity index (χ1) is 7.59. The van der Waals surface area contributed by atoms with E-state index in [1.54, 1.807) is 7.05 Å². The highest BCUT2D eigenvalue weighted by Gasteiger charge is 2.36. The molecule has 1 saturated heterocycles. The summed E-state index contributed by atoms with van der Waals surface area (Å²) < 4.78 is 1.53. The zero-order chi connectivity index (χ0) is 11.7. The van der Waals surface area contributed by atoms with E-state index in [1.165, 1.54) is 15.9 Å². The number of hydrogen-bond acceptors (Lipinski definition) is 4. The van der Waals surface area contributed by atoms with Gasteiger partial charge in [0.25, 0.3) is 0 Å². The predicted octanol–water partition coefficient (Wildman–Crippen LogP) is -0.609. The molecule has 0 radical (unpaired) electrons. The number of aliphatic carboxylic acids is 1. The molecule has 1 aromatic rings. The summed E-state index contributed by atoms with van der Waals surface area (Å²) in [4.78, 5) is 27.8. The van der Waals surface area contributed by atoms with E-state index in [4.69, 9.17) is 5.11 Å². The molecule has 0 spiro atoms. The van der Waals surface area contributed by atoms with Crippen LogP contribution in [0.3, 0.4) is 0 Å². The fraction of sp³-hybridized carbons (Fsp3) is 0.556. The molecule has 1 N–H and O–H groups in total. The van der Waals surface area contributed by atoms with Crippen LogP contribution in [0, 0.1) is 0 Å². The van der Waals surface area contributed by atoms with Crippen molar-refractivity contribution in [1.29, 1.82) is 0 Å². The number of rotatable bonds is 3. The molecule has 0 aromatic carbocycles. The van der Waals surface area contributed by atoms with Crippen LogP contribution in [-0.2, 0) is 23.2 Å². The SMILES string of the molecule is Cn1ncnc1CN1C(=O)CCC1C(=O)O. The van der Waals surface area contributed by atoms with Crippen LogP contribution in [0.25, 0.3) is 0 Å². The fourth-order valence-corrected chi connectivity index (χ4v) is 1.80. The summed E-state index contributed by atoms with van der Waals surface area (Å²) in [6.07, 6.45) is 2.03. The van der Waals surface area contributed by atoms with Crippen molar-refractivity contribution in [3.05, 3.63) is 12.2 Å². The summed E-state index contributed by atoms with van der Waals surface area (Å²) in [7, 11) is 1.71. The topological polar surface area (TPSA) is 88.3 Å². The third-order valence-corrected chi connectivity index (χ3v) is 2.73. The normalized spacial score (nSPS) is 20.4. The minimum atomic E-state index is -0.965. The molecule has 1 atom stereocenters. The van der Waals surface area contributed by atoms with E-state index in [0.29, 0.717) is 12.2 Å². The lowest BCUT2D eigenvalue weighted by molar-refractivity contribution is -0.146. The molecule has 2 rings (SSSR count). The van der Waals surface area contributed by atoms with E-state index in [1.807, 2.05) is 0 Å². The van der Waals surface area contributed by atoms with Gasteiger partial charge in [0.05, 0.1) is 6.54 Å². The van der Waals surface area contributed by atoms with Crippen molar-refractivity contribution in [2.45, 2.75) is 25.4 Å². The lowest BCUT2D eigenvalue weighted by Gasteiger charge is -2.20. The molecule has 1 aliphatic rings. The van der Waals surface area contributed by atoms with Gasteiger partial charge in [-0.25, -0.2) is 9.78 Å². The molecule has 1 fully saturated rings. The van der Waals surface area contributed by atoms with Gasteiger partial charge in [0.15, 0.2) is 0 Å². The molecular formula is C9H12N4O3. The Morgan fingerprint density at radius 2 is 2.44 bits per heavy atom. The van der Waals surface area contributed by atoms with Crippen molar-refractivity contribution in [3.63, 3.8) is 0 Å². The third-order valence-electron chi connectivity index (χ3n) is 2.73. The monoisotopic (exact) mass is 224 g/mol.